The molecule has 0 spiro atoms. The van der Waals surface area contributed by atoms with Gasteiger partial charge in [0.25, 0.3) is 0 Å². The topological polar surface area (TPSA) is 75.7 Å². The van der Waals surface area contributed by atoms with E-state index in [-0.39, 0.29) is 12.2 Å². The van der Waals surface area contributed by atoms with E-state index < -0.39 is 5.60 Å². The molecular weight excluding hydrogens is 330 g/mol. The first-order valence-electron chi connectivity index (χ1n) is 8.74. The third-order valence-electron chi connectivity index (χ3n) is 3.26. The average Bonchev–Trinajstić information content (AvgIpc) is 2.48. The first-order chi connectivity index (χ1) is 11.9. The van der Waals surface area contributed by atoms with E-state index in [9.17, 15) is 4.79 Å². The Morgan fingerprint density at radius 2 is 1.36 bits per heavy atom. The molecule has 0 N–H and O–H groups in total. The summed E-state index contributed by atoms with van der Waals surface area (Å²) < 4.78 is 31.8. The molecule has 0 radical (unpaired) electrons. The van der Waals surface area contributed by atoms with Gasteiger partial charge in [0.1, 0.15) is 5.60 Å². The SMILES string of the molecule is COCCOCCOCCOCCOC1CN(C(=O)OC(C)(C)C)C1. The largest absolute Gasteiger partial charge is 0.444 e. The van der Waals surface area contributed by atoms with Crippen molar-refractivity contribution in [3.63, 3.8) is 0 Å². The highest BCUT2D eigenvalue weighted by molar-refractivity contribution is 5.69. The number of rotatable bonds is 13. The second kappa shape index (κ2) is 12.4. The lowest BCUT2D eigenvalue weighted by Crippen LogP contribution is -2.56. The van der Waals surface area contributed by atoms with E-state index >= 15 is 0 Å². The number of methoxy groups -OCH3 is 1. The molecule has 1 amide bonds. The van der Waals surface area contributed by atoms with E-state index in [0.29, 0.717) is 65.9 Å². The fourth-order valence-corrected chi connectivity index (χ4v) is 1.98. The van der Waals surface area contributed by atoms with Crippen LogP contribution in [-0.4, -0.2) is 95.8 Å². The molecule has 8 heteroatoms. The van der Waals surface area contributed by atoms with Gasteiger partial charge in [-0.05, 0) is 20.8 Å². The molecule has 0 saturated carbocycles. The molecule has 1 heterocycles. The van der Waals surface area contributed by atoms with Crippen LogP contribution in [0.2, 0.25) is 0 Å². The van der Waals surface area contributed by atoms with E-state index in [1.807, 2.05) is 20.8 Å². The summed E-state index contributed by atoms with van der Waals surface area (Å²) >= 11 is 0. The summed E-state index contributed by atoms with van der Waals surface area (Å²) in [5.74, 6) is 0. The summed E-state index contributed by atoms with van der Waals surface area (Å²) in [4.78, 5) is 13.4. The molecule has 0 bridgehead atoms. The van der Waals surface area contributed by atoms with Crippen molar-refractivity contribution in [1.29, 1.82) is 0 Å². The molecule has 1 saturated heterocycles. The first-order valence-corrected chi connectivity index (χ1v) is 8.74. The van der Waals surface area contributed by atoms with Crippen LogP contribution in [0.4, 0.5) is 4.79 Å². The molecule has 0 aromatic rings. The zero-order valence-electron chi connectivity index (χ0n) is 16.0. The maximum absolute atomic E-state index is 11.8. The van der Waals surface area contributed by atoms with Crippen LogP contribution in [0.25, 0.3) is 0 Å². The van der Waals surface area contributed by atoms with Crippen molar-refractivity contribution in [1.82, 2.24) is 4.90 Å². The molecule has 1 fully saturated rings. The summed E-state index contributed by atoms with van der Waals surface area (Å²) in [7, 11) is 1.64. The highest BCUT2D eigenvalue weighted by Crippen LogP contribution is 2.16. The Morgan fingerprint density at radius 3 is 1.84 bits per heavy atom. The average molecular weight is 363 g/mol. The minimum atomic E-state index is -0.463. The summed E-state index contributed by atoms with van der Waals surface area (Å²) in [6, 6.07) is 0. The Bertz CT molecular complexity index is 353. The van der Waals surface area contributed by atoms with Crippen LogP contribution < -0.4 is 0 Å². The van der Waals surface area contributed by atoms with Crippen molar-refractivity contribution in [3.05, 3.63) is 0 Å². The molecule has 25 heavy (non-hydrogen) atoms. The number of hydrogen-bond donors (Lipinski definition) is 0. The van der Waals surface area contributed by atoms with Crippen LogP contribution in [0.3, 0.4) is 0 Å². The summed E-state index contributed by atoms with van der Waals surface area (Å²) in [6.07, 6.45) is -0.219. The van der Waals surface area contributed by atoms with Crippen LogP contribution >= 0.6 is 0 Å². The second-order valence-electron chi connectivity index (χ2n) is 6.71. The monoisotopic (exact) mass is 363 g/mol. The number of carbonyl (C=O) groups excluding carboxylic acids is 1. The van der Waals surface area contributed by atoms with Crippen LogP contribution in [-0.2, 0) is 28.4 Å². The third kappa shape index (κ3) is 11.3. The number of carbonyl (C=O) groups is 1. The molecule has 0 unspecified atom stereocenters. The van der Waals surface area contributed by atoms with Crippen LogP contribution in [0.1, 0.15) is 20.8 Å². The van der Waals surface area contributed by atoms with Crippen LogP contribution in [0, 0.1) is 0 Å². The van der Waals surface area contributed by atoms with Crippen molar-refractivity contribution >= 4 is 6.09 Å². The van der Waals surface area contributed by atoms with Gasteiger partial charge in [0, 0.05) is 7.11 Å². The van der Waals surface area contributed by atoms with Gasteiger partial charge in [0.2, 0.25) is 0 Å². The van der Waals surface area contributed by atoms with E-state index in [4.69, 9.17) is 28.4 Å². The Labute approximate surface area is 150 Å². The second-order valence-corrected chi connectivity index (χ2v) is 6.71. The van der Waals surface area contributed by atoms with Crippen molar-refractivity contribution in [3.8, 4) is 0 Å². The third-order valence-corrected chi connectivity index (χ3v) is 3.26. The maximum Gasteiger partial charge on any atom is 0.410 e. The van der Waals surface area contributed by atoms with Crippen LogP contribution in [0.5, 0.6) is 0 Å². The number of nitrogens with zero attached hydrogens (tertiary/aromatic N) is 1. The van der Waals surface area contributed by atoms with Gasteiger partial charge in [-0.3, -0.25) is 0 Å². The molecule has 0 aromatic carbocycles. The lowest BCUT2D eigenvalue weighted by Gasteiger charge is -2.39. The van der Waals surface area contributed by atoms with Gasteiger partial charge in [-0.1, -0.05) is 0 Å². The predicted octanol–water partition coefficient (Wildman–Crippen LogP) is 1.32. The normalized spacial score (nSPS) is 15.3. The molecule has 1 rings (SSSR count). The van der Waals surface area contributed by atoms with Crippen molar-refractivity contribution in [2.45, 2.75) is 32.5 Å². The molecule has 0 atom stereocenters. The number of ether oxygens (including phenoxy) is 6. The Balaban J connectivity index is 1.82. The Hall–Kier alpha value is -0.930. The fraction of sp³-hybridized carbons (Fsp3) is 0.941. The zero-order chi connectivity index (χ0) is 18.5. The summed E-state index contributed by atoms with van der Waals surface area (Å²) in [5.41, 5.74) is -0.463. The number of amides is 1. The van der Waals surface area contributed by atoms with E-state index in [1.54, 1.807) is 12.0 Å². The molecule has 148 valence electrons. The predicted molar refractivity (Wildman–Crippen MR) is 91.9 cm³/mol. The number of likely N-dealkylation sites (tertiary alicyclic amines) is 1. The smallest absolute Gasteiger partial charge is 0.410 e. The lowest BCUT2D eigenvalue weighted by atomic mass is 10.2. The molecular formula is C17H33NO7. The van der Waals surface area contributed by atoms with E-state index in [1.165, 1.54) is 0 Å². The molecule has 0 aromatic heterocycles. The van der Waals surface area contributed by atoms with Gasteiger partial charge in [-0.25, -0.2) is 4.79 Å². The highest BCUT2D eigenvalue weighted by Gasteiger charge is 2.34. The van der Waals surface area contributed by atoms with E-state index in [2.05, 4.69) is 0 Å². The Kier molecular flexibility index (Phi) is 11.0. The highest BCUT2D eigenvalue weighted by atomic mass is 16.6. The quantitative estimate of drug-likeness (QED) is 0.457. The van der Waals surface area contributed by atoms with Gasteiger partial charge in [-0.15, -0.1) is 0 Å². The molecule has 1 aliphatic rings. The molecule has 1 aliphatic heterocycles. The van der Waals surface area contributed by atoms with E-state index in [0.717, 1.165) is 0 Å². The van der Waals surface area contributed by atoms with Gasteiger partial charge < -0.3 is 33.3 Å². The lowest BCUT2D eigenvalue weighted by molar-refractivity contribution is -0.0780. The standard InChI is InChI=1S/C17H33NO7/c1-17(2,3)25-16(19)18-13-15(14-18)24-12-11-23-10-9-22-8-7-21-6-5-20-4/h15H,5-14H2,1-4H3. The van der Waals surface area contributed by atoms with Crippen molar-refractivity contribution in [2.75, 3.05) is 73.1 Å². The molecule has 8 nitrogen and oxygen atoms in total. The van der Waals surface area contributed by atoms with Crippen LogP contribution in [0.15, 0.2) is 0 Å². The fourth-order valence-electron chi connectivity index (χ4n) is 1.98. The first kappa shape index (κ1) is 22.1. The van der Waals surface area contributed by atoms with Crippen molar-refractivity contribution in [2.24, 2.45) is 0 Å². The van der Waals surface area contributed by atoms with Gasteiger partial charge in [0.15, 0.2) is 0 Å². The Morgan fingerprint density at radius 1 is 0.880 bits per heavy atom. The van der Waals surface area contributed by atoms with Gasteiger partial charge in [-0.2, -0.15) is 0 Å². The summed E-state index contributed by atoms with van der Waals surface area (Å²) in [5, 5.41) is 0. The maximum atomic E-state index is 11.8. The van der Waals surface area contributed by atoms with Crippen molar-refractivity contribution < 1.29 is 33.2 Å². The zero-order valence-corrected chi connectivity index (χ0v) is 16.0. The van der Waals surface area contributed by atoms with Gasteiger partial charge >= 0.3 is 6.09 Å². The molecule has 0 aliphatic carbocycles. The minimum Gasteiger partial charge on any atom is -0.444 e. The summed E-state index contributed by atoms with van der Waals surface area (Å²) in [6.45, 7) is 11.1. The van der Waals surface area contributed by atoms with Gasteiger partial charge in [0.05, 0.1) is 72.0 Å². The minimum absolute atomic E-state index is 0.0663. The number of hydrogen-bond acceptors (Lipinski definition) is 7.